The first-order valence-electron chi connectivity index (χ1n) is 9.76. The Morgan fingerprint density at radius 3 is 2.69 bits per heavy atom. The van der Waals surface area contributed by atoms with Crippen LogP contribution in [0.25, 0.3) is 0 Å². The molecule has 0 N–H and O–H groups in total. The number of thioether (sulfide) groups is 1. The van der Waals surface area contributed by atoms with Crippen molar-refractivity contribution in [2.24, 2.45) is 5.92 Å². The molecule has 0 bridgehead atoms. The number of esters is 1. The van der Waals surface area contributed by atoms with E-state index in [2.05, 4.69) is 9.72 Å². The van der Waals surface area contributed by atoms with Crippen molar-refractivity contribution in [1.29, 1.82) is 0 Å². The van der Waals surface area contributed by atoms with Crippen molar-refractivity contribution in [3.05, 3.63) is 46.1 Å². The largest absolute Gasteiger partial charge is 0.468 e. The number of ether oxygens (including phenoxy) is 1. The molecule has 0 amide bonds. The fourth-order valence-corrected chi connectivity index (χ4v) is 5.44. The molecule has 1 saturated carbocycles. The Balaban J connectivity index is 1.64. The Hall–Kier alpha value is -1.99. The minimum absolute atomic E-state index is 0.0354. The zero-order valence-electron chi connectivity index (χ0n) is 16.7. The maximum Gasteiger partial charge on any atom is 0.316 e. The van der Waals surface area contributed by atoms with E-state index >= 15 is 0 Å². The van der Waals surface area contributed by atoms with Crippen LogP contribution in [-0.2, 0) is 27.2 Å². The third-order valence-corrected chi connectivity index (χ3v) is 7.25. The molecule has 3 rings (SSSR count). The number of aryl methyl sites for hydroxylation is 1. The Morgan fingerprint density at radius 1 is 1.21 bits per heavy atom. The third-order valence-electron chi connectivity index (χ3n) is 5.09. The van der Waals surface area contributed by atoms with E-state index in [1.807, 2.05) is 25.1 Å². The van der Waals surface area contributed by atoms with Gasteiger partial charge in [0.1, 0.15) is 10.8 Å². The highest BCUT2D eigenvalue weighted by atomic mass is 32.2. The summed E-state index contributed by atoms with van der Waals surface area (Å²) in [6.45, 7) is 1.97. The number of benzene rings is 1. The summed E-state index contributed by atoms with van der Waals surface area (Å²) in [7, 11) is 1.36. The molecule has 1 aromatic heterocycles. The quantitative estimate of drug-likeness (QED) is 0.332. The molecule has 154 valence electrons. The number of Topliss-reactive ketones (excluding diaryl/α,β-unsaturated/α-hetero) is 2. The summed E-state index contributed by atoms with van der Waals surface area (Å²) in [6, 6.07) is 5.79. The summed E-state index contributed by atoms with van der Waals surface area (Å²) in [4.78, 5) is 41.1. The van der Waals surface area contributed by atoms with Crippen molar-refractivity contribution >= 4 is 40.6 Å². The number of aromatic nitrogens is 1. The summed E-state index contributed by atoms with van der Waals surface area (Å²) in [5.41, 5.74) is 2.56. The van der Waals surface area contributed by atoms with E-state index < -0.39 is 0 Å². The Bertz CT molecular complexity index is 900. The summed E-state index contributed by atoms with van der Waals surface area (Å²) < 4.78 is 5.51. The van der Waals surface area contributed by atoms with Gasteiger partial charge in [-0.25, -0.2) is 4.98 Å². The van der Waals surface area contributed by atoms with Gasteiger partial charge in [0.25, 0.3) is 0 Å². The van der Waals surface area contributed by atoms with Crippen LogP contribution in [0.5, 0.6) is 0 Å². The van der Waals surface area contributed by atoms with Gasteiger partial charge in [0.15, 0.2) is 5.78 Å². The number of hydrogen-bond donors (Lipinski definition) is 0. The van der Waals surface area contributed by atoms with E-state index in [0.29, 0.717) is 5.56 Å². The van der Waals surface area contributed by atoms with Crippen LogP contribution >= 0.6 is 23.1 Å². The van der Waals surface area contributed by atoms with Gasteiger partial charge < -0.3 is 4.74 Å². The monoisotopic (exact) mass is 431 g/mol. The van der Waals surface area contributed by atoms with E-state index in [-0.39, 0.29) is 42.0 Å². The fraction of sp³-hybridized carbons (Fsp3) is 0.455. The van der Waals surface area contributed by atoms with Gasteiger partial charge in [0, 0.05) is 17.9 Å². The molecule has 0 atom stereocenters. The molecule has 0 spiro atoms. The molecule has 1 aromatic carbocycles. The van der Waals surface area contributed by atoms with E-state index in [1.54, 1.807) is 6.20 Å². The Morgan fingerprint density at radius 2 is 1.97 bits per heavy atom. The maximum absolute atomic E-state index is 13.0. The normalized spacial score (nSPS) is 14.1. The first kappa shape index (κ1) is 21.7. The molecule has 1 fully saturated rings. The number of nitrogens with zero attached hydrogens (tertiary/aromatic N) is 1. The average Bonchev–Trinajstić information content (AvgIpc) is 3.39. The van der Waals surface area contributed by atoms with Crippen molar-refractivity contribution < 1.29 is 19.1 Å². The van der Waals surface area contributed by atoms with Crippen LogP contribution < -0.4 is 0 Å². The summed E-state index contributed by atoms with van der Waals surface area (Å²) in [5, 5.41) is 0.721. The Labute approximate surface area is 179 Å². The van der Waals surface area contributed by atoms with E-state index in [4.69, 9.17) is 0 Å². The lowest BCUT2D eigenvalue weighted by Crippen LogP contribution is -2.16. The molecule has 1 aliphatic carbocycles. The lowest BCUT2D eigenvalue weighted by Gasteiger charge is -2.13. The van der Waals surface area contributed by atoms with Gasteiger partial charge in [0.2, 0.25) is 0 Å². The molecule has 1 aliphatic rings. The van der Waals surface area contributed by atoms with Crippen LogP contribution in [0.3, 0.4) is 0 Å². The summed E-state index contributed by atoms with van der Waals surface area (Å²) in [6.07, 6.45) is 6.26. The second-order valence-electron chi connectivity index (χ2n) is 7.34. The van der Waals surface area contributed by atoms with Crippen LogP contribution in [0.1, 0.15) is 52.2 Å². The number of rotatable bonds is 9. The van der Waals surface area contributed by atoms with Gasteiger partial charge in [0.05, 0.1) is 29.7 Å². The number of carbonyl (C=O) groups is 3. The zero-order valence-corrected chi connectivity index (χ0v) is 18.4. The van der Waals surface area contributed by atoms with Crippen molar-refractivity contribution in [1.82, 2.24) is 4.98 Å². The zero-order chi connectivity index (χ0) is 20.8. The summed E-state index contributed by atoms with van der Waals surface area (Å²) in [5.74, 6) is 0.249. The minimum atomic E-state index is -0.292. The van der Waals surface area contributed by atoms with E-state index in [1.165, 1.54) is 30.2 Å². The van der Waals surface area contributed by atoms with E-state index in [0.717, 1.165) is 46.0 Å². The van der Waals surface area contributed by atoms with Crippen LogP contribution in [0.15, 0.2) is 28.6 Å². The van der Waals surface area contributed by atoms with Gasteiger partial charge in [-0.2, -0.15) is 0 Å². The standard InChI is InChI=1S/C22H25NO4S2/c1-14-7-8-16(18(9-14)22(26)15-5-3-4-6-15)10-17(24)11-19-23-12-21(29-19)28-13-20(25)27-2/h7-9,12,15H,3-6,10-11,13H2,1-2H3. The number of thiazole rings is 1. The summed E-state index contributed by atoms with van der Waals surface area (Å²) >= 11 is 2.77. The highest BCUT2D eigenvalue weighted by Gasteiger charge is 2.26. The molecule has 0 unspecified atom stereocenters. The van der Waals surface area contributed by atoms with Crippen LogP contribution in [0, 0.1) is 12.8 Å². The van der Waals surface area contributed by atoms with Crippen molar-refractivity contribution in [3.63, 3.8) is 0 Å². The van der Waals surface area contributed by atoms with Gasteiger partial charge in [-0.05, 0) is 31.4 Å². The van der Waals surface area contributed by atoms with Crippen molar-refractivity contribution in [3.8, 4) is 0 Å². The highest BCUT2D eigenvalue weighted by molar-refractivity contribution is 8.01. The number of carbonyl (C=O) groups excluding carboxylic acids is 3. The second-order valence-corrected chi connectivity index (χ2v) is 9.73. The van der Waals surface area contributed by atoms with Crippen LogP contribution in [-0.4, -0.2) is 35.4 Å². The van der Waals surface area contributed by atoms with Crippen LogP contribution in [0.4, 0.5) is 0 Å². The predicted molar refractivity (Wildman–Crippen MR) is 115 cm³/mol. The van der Waals surface area contributed by atoms with Gasteiger partial charge in [-0.15, -0.1) is 23.1 Å². The highest BCUT2D eigenvalue weighted by Crippen LogP contribution is 2.30. The number of methoxy groups -OCH3 is 1. The molecule has 2 aromatic rings. The van der Waals surface area contributed by atoms with Gasteiger partial charge in [-0.1, -0.05) is 30.5 Å². The fourth-order valence-electron chi connectivity index (χ4n) is 3.56. The van der Waals surface area contributed by atoms with Crippen molar-refractivity contribution in [2.45, 2.75) is 49.7 Å². The lowest BCUT2D eigenvalue weighted by atomic mass is 9.90. The molecule has 5 nitrogen and oxygen atoms in total. The molecule has 0 saturated heterocycles. The first-order chi connectivity index (χ1) is 14.0. The second kappa shape index (κ2) is 10.2. The van der Waals surface area contributed by atoms with Gasteiger partial charge in [-0.3, -0.25) is 14.4 Å². The SMILES string of the molecule is COC(=O)CSc1cnc(CC(=O)Cc2ccc(C)cc2C(=O)C2CCCC2)s1. The maximum atomic E-state index is 13.0. The third kappa shape index (κ3) is 6.00. The molecule has 0 aliphatic heterocycles. The first-order valence-corrected chi connectivity index (χ1v) is 11.6. The predicted octanol–water partition coefficient (Wildman–Crippen LogP) is 4.44. The van der Waals surface area contributed by atoms with Gasteiger partial charge >= 0.3 is 5.97 Å². The smallest absolute Gasteiger partial charge is 0.316 e. The topological polar surface area (TPSA) is 73.3 Å². The lowest BCUT2D eigenvalue weighted by molar-refractivity contribution is -0.137. The van der Waals surface area contributed by atoms with Crippen LogP contribution in [0.2, 0.25) is 0 Å². The molecule has 7 heteroatoms. The molecule has 1 heterocycles. The number of hydrogen-bond acceptors (Lipinski definition) is 7. The molecular formula is C22H25NO4S2. The molecular weight excluding hydrogens is 406 g/mol. The molecule has 0 radical (unpaired) electrons. The minimum Gasteiger partial charge on any atom is -0.468 e. The van der Waals surface area contributed by atoms with Crippen molar-refractivity contribution in [2.75, 3.05) is 12.9 Å². The molecule has 29 heavy (non-hydrogen) atoms. The number of ketones is 2. The average molecular weight is 432 g/mol. The Kier molecular flexibility index (Phi) is 7.61. The van der Waals surface area contributed by atoms with E-state index in [9.17, 15) is 14.4 Å².